The molecule has 0 N–H and O–H groups in total. The summed E-state index contributed by atoms with van der Waals surface area (Å²) in [7, 11) is 0. The number of nitriles is 1. The SMILES string of the molecule is Cc1ccc(/C(C#N)=N\OCc2cccc3ccccc23)cc1. The third kappa shape index (κ3) is 3.38. The van der Waals surface area contributed by atoms with Gasteiger partial charge in [-0.05, 0) is 23.3 Å². The highest BCUT2D eigenvalue weighted by atomic mass is 16.6. The minimum absolute atomic E-state index is 0.283. The molecule has 3 nitrogen and oxygen atoms in total. The summed E-state index contributed by atoms with van der Waals surface area (Å²) in [6.45, 7) is 2.34. The summed E-state index contributed by atoms with van der Waals surface area (Å²) in [5.41, 5.74) is 3.23. The van der Waals surface area contributed by atoms with Crippen molar-refractivity contribution in [2.75, 3.05) is 0 Å². The van der Waals surface area contributed by atoms with Gasteiger partial charge >= 0.3 is 0 Å². The Morgan fingerprint density at radius 1 is 1.00 bits per heavy atom. The first-order chi connectivity index (χ1) is 11.3. The maximum absolute atomic E-state index is 9.26. The van der Waals surface area contributed by atoms with Crippen molar-refractivity contribution in [1.82, 2.24) is 0 Å². The Kier molecular flexibility index (Phi) is 4.35. The first-order valence-corrected chi connectivity index (χ1v) is 7.41. The van der Waals surface area contributed by atoms with Crippen LogP contribution in [0.1, 0.15) is 16.7 Å². The standard InChI is InChI=1S/C20H16N2O/c1-15-9-11-17(12-10-15)20(13-21)22-23-14-18-7-4-6-16-5-2-3-8-19(16)18/h2-12H,14H2,1H3/b22-20-. The molecule has 0 atom stereocenters. The van der Waals surface area contributed by atoms with Crippen LogP contribution in [-0.2, 0) is 11.4 Å². The van der Waals surface area contributed by atoms with Gasteiger partial charge in [-0.2, -0.15) is 5.26 Å². The molecule has 3 heteroatoms. The summed E-state index contributed by atoms with van der Waals surface area (Å²) >= 11 is 0. The normalized spacial score (nSPS) is 11.2. The highest BCUT2D eigenvalue weighted by Crippen LogP contribution is 2.19. The van der Waals surface area contributed by atoms with Gasteiger partial charge in [-0.25, -0.2) is 0 Å². The quantitative estimate of drug-likeness (QED) is 0.522. The van der Waals surface area contributed by atoms with E-state index in [1.807, 2.05) is 55.5 Å². The molecule has 0 heterocycles. The highest BCUT2D eigenvalue weighted by molar-refractivity contribution is 6.11. The van der Waals surface area contributed by atoms with Gasteiger partial charge in [0, 0.05) is 5.56 Å². The van der Waals surface area contributed by atoms with Crippen LogP contribution < -0.4 is 0 Å². The molecular weight excluding hydrogens is 284 g/mol. The Balaban J connectivity index is 1.79. The first kappa shape index (κ1) is 14.8. The Morgan fingerprint density at radius 3 is 2.52 bits per heavy atom. The van der Waals surface area contributed by atoms with E-state index in [0.717, 1.165) is 27.5 Å². The lowest BCUT2D eigenvalue weighted by Crippen LogP contribution is -1.99. The molecule has 0 saturated heterocycles. The van der Waals surface area contributed by atoms with Gasteiger partial charge in [-0.3, -0.25) is 0 Å². The minimum atomic E-state index is 0.283. The summed E-state index contributed by atoms with van der Waals surface area (Å²) in [6, 6.07) is 23.9. The summed E-state index contributed by atoms with van der Waals surface area (Å²) in [4.78, 5) is 5.43. The van der Waals surface area contributed by atoms with Crippen LogP contribution in [0.2, 0.25) is 0 Å². The molecule has 0 aliphatic rings. The molecule has 0 saturated carbocycles. The number of hydrogen-bond acceptors (Lipinski definition) is 3. The Morgan fingerprint density at radius 2 is 1.74 bits per heavy atom. The largest absolute Gasteiger partial charge is 0.390 e. The lowest BCUT2D eigenvalue weighted by molar-refractivity contribution is 0.132. The third-order valence-electron chi connectivity index (χ3n) is 3.69. The fourth-order valence-electron chi connectivity index (χ4n) is 2.43. The topological polar surface area (TPSA) is 45.4 Å². The monoisotopic (exact) mass is 300 g/mol. The number of oxime groups is 1. The van der Waals surface area contributed by atoms with Crippen LogP contribution in [0.4, 0.5) is 0 Å². The predicted molar refractivity (Wildman–Crippen MR) is 92.1 cm³/mol. The van der Waals surface area contributed by atoms with Crippen molar-refractivity contribution in [2.24, 2.45) is 5.16 Å². The van der Waals surface area contributed by atoms with Crippen molar-refractivity contribution in [2.45, 2.75) is 13.5 Å². The zero-order chi connectivity index (χ0) is 16.1. The third-order valence-corrected chi connectivity index (χ3v) is 3.69. The Labute approximate surface area is 135 Å². The van der Waals surface area contributed by atoms with E-state index in [0.29, 0.717) is 6.61 Å². The number of aryl methyl sites for hydroxylation is 1. The van der Waals surface area contributed by atoms with Crippen LogP contribution in [0, 0.1) is 18.3 Å². The van der Waals surface area contributed by atoms with E-state index in [2.05, 4.69) is 29.4 Å². The molecule has 0 aliphatic heterocycles. The lowest BCUT2D eigenvalue weighted by atomic mass is 10.1. The summed E-state index contributed by atoms with van der Waals surface area (Å²) < 4.78 is 0. The molecule has 0 aliphatic carbocycles. The number of rotatable bonds is 4. The van der Waals surface area contributed by atoms with E-state index in [-0.39, 0.29) is 5.71 Å². The molecule has 0 bridgehead atoms. The van der Waals surface area contributed by atoms with E-state index in [1.165, 1.54) is 0 Å². The zero-order valence-corrected chi connectivity index (χ0v) is 12.9. The maximum Gasteiger partial charge on any atom is 0.186 e. The van der Waals surface area contributed by atoms with Gasteiger partial charge in [-0.1, -0.05) is 77.4 Å². The number of benzene rings is 3. The molecular formula is C20H16N2O. The zero-order valence-electron chi connectivity index (χ0n) is 12.9. The smallest absolute Gasteiger partial charge is 0.186 e. The fraction of sp³-hybridized carbons (Fsp3) is 0.100. The maximum atomic E-state index is 9.26. The Bertz CT molecular complexity index is 884. The van der Waals surface area contributed by atoms with Crippen LogP contribution in [-0.4, -0.2) is 5.71 Å². The van der Waals surface area contributed by atoms with E-state index < -0.39 is 0 Å². The van der Waals surface area contributed by atoms with Crippen molar-refractivity contribution < 1.29 is 4.84 Å². The minimum Gasteiger partial charge on any atom is -0.390 e. The van der Waals surface area contributed by atoms with Crippen LogP contribution in [0.5, 0.6) is 0 Å². The van der Waals surface area contributed by atoms with Crippen LogP contribution in [0.15, 0.2) is 71.9 Å². The van der Waals surface area contributed by atoms with Crippen molar-refractivity contribution in [3.63, 3.8) is 0 Å². The number of nitrogens with zero attached hydrogens (tertiary/aromatic N) is 2. The van der Waals surface area contributed by atoms with Crippen LogP contribution >= 0.6 is 0 Å². The molecule has 0 aromatic heterocycles. The van der Waals surface area contributed by atoms with Crippen LogP contribution in [0.3, 0.4) is 0 Å². The number of hydrogen-bond donors (Lipinski definition) is 0. The molecule has 0 amide bonds. The molecule has 3 aromatic rings. The van der Waals surface area contributed by atoms with E-state index in [9.17, 15) is 5.26 Å². The van der Waals surface area contributed by atoms with Gasteiger partial charge in [0.25, 0.3) is 0 Å². The molecule has 0 unspecified atom stereocenters. The van der Waals surface area contributed by atoms with E-state index >= 15 is 0 Å². The summed E-state index contributed by atoms with van der Waals surface area (Å²) in [5, 5.41) is 15.6. The molecule has 3 aromatic carbocycles. The average Bonchev–Trinajstić information content (AvgIpc) is 2.60. The predicted octanol–water partition coefficient (Wildman–Crippen LogP) is 4.59. The van der Waals surface area contributed by atoms with Gasteiger partial charge in [0.1, 0.15) is 12.7 Å². The molecule has 0 radical (unpaired) electrons. The second-order valence-electron chi connectivity index (χ2n) is 5.33. The van der Waals surface area contributed by atoms with Crippen molar-refractivity contribution >= 4 is 16.5 Å². The number of fused-ring (bicyclic) bond motifs is 1. The second kappa shape index (κ2) is 6.76. The van der Waals surface area contributed by atoms with Crippen molar-refractivity contribution in [1.29, 1.82) is 5.26 Å². The van der Waals surface area contributed by atoms with Gasteiger partial charge in [0.2, 0.25) is 0 Å². The first-order valence-electron chi connectivity index (χ1n) is 7.41. The average molecular weight is 300 g/mol. The molecule has 3 rings (SSSR count). The van der Waals surface area contributed by atoms with Gasteiger partial charge in [-0.15, -0.1) is 0 Å². The van der Waals surface area contributed by atoms with Gasteiger partial charge < -0.3 is 4.84 Å². The molecule has 112 valence electrons. The van der Waals surface area contributed by atoms with Gasteiger partial charge in [0.15, 0.2) is 5.71 Å². The molecule has 23 heavy (non-hydrogen) atoms. The molecule has 0 spiro atoms. The second-order valence-corrected chi connectivity index (χ2v) is 5.33. The highest BCUT2D eigenvalue weighted by Gasteiger charge is 2.04. The van der Waals surface area contributed by atoms with Crippen molar-refractivity contribution in [3.8, 4) is 6.07 Å². The molecule has 0 fully saturated rings. The fourth-order valence-corrected chi connectivity index (χ4v) is 2.43. The van der Waals surface area contributed by atoms with E-state index in [4.69, 9.17) is 4.84 Å². The van der Waals surface area contributed by atoms with Gasteiger partial charge in [0.05, 0.1) is 0 Å². The summed E-state index contributed by atoms with van der Waals surface area (Å²) in [5.74, 6) is 0. The van der Waals surface area contributed by atoms with Crippen molar-refractivity contribution in [3.05, 3.63) is 83.4 Å². The lowest BCUT2D eigenvalue weighted by Gasteiger charge is -2.06. The van der Waals surface area contributed by atoms with Crippen LogP contribution in [0.25, 0.3) is 10.8 Å². The summed E-state index contributed by atoms with van der Waals surface area (Å²) in [6.07, 6.45) is 0. The Hall–Kier alpha value is -3.12. The van der Waals surface area contributed by atoms with E-state index in [1.54, 1.807) is 0 Å².